The molecule has 10 rings (SSSR count). The highest BCUT2D eigenvalue weighted by molar-refractivity contribution is 5.26. The Morgan fingerprint density at radius 1 is 0.535 bits per heavy atom. The molecule has 0 bridgehead atoms. The number of rotatable bonds is 19. The lowest BCUT2D eigenvalue weighted by molar-refractivity contribution is -0.403. The second-order valence-electron chi connectivity index (χ2n) is 26.6. The van der Waals surface area contributed by atoms with E-state index in [0.29, 0.717) is 43.4 Å². The molecule has 6 heterocycles. The van der Waals surface area contributed by atoms with E-state index in [4.69, 9.17) is 52.1 Å². The van der Waals surface area contributed by atoms with Gasteiger partial charge in [-0.05, 0) is 91.8 Å². The van der Waals surface area contributed by atoms with E-state index in [-0.39, 0.29) is 41.3 Å². The van der Waals surface area contributed by atoms with Crippen LogP contribution in [0, 0.1) is 46.3 Å². The first-order valence-corrected chi connectivity index (χ1v) is 30.6. The Balaban J connectivity index is 0.768. The minimum absolute atomic E-state index is 0.0917. The average Bonchev–Trinajstić information content (AvgIpc) is 1.54. The Morgan fingerprint density at radius 2 is 1.01 bits per heavy atom. The van der Waals surface area contributed by atoms with Gasteiger partial charge >= 0.3 is 0 Å². The molecule has 6 saturated heterocycles. The molecule has 10 aliphatic rings. The minimum atomic E-state index is -2.09. The average molecular weight is 1240 g/mol. The largest absolute Gasteiger partial charge is 0.394 e. The van der Waals surface area contributed by atoms with Gasteiger partial charge in [0.2, 0.25) is 0 Å². The van der Waals surface area contributed by atoms with Crippen LogP contribution in [-0.2, 0) is 52.1 Å². The van der Waals surface area contributed by atoms with Crippen LogP contribution in [0.25, 0.3) is 0 Å². The molecule has 36 atom stereocenters. The summed E-state index contributed by atoms with van der Waals surface area (Å²) in [5.74, 6) is -0.450. The fraction of sp³-hybridized carbons (Fsp3) is 0.965. The standard InChI is InChI=1S/C57H94O29/c1-21(20-76-50-42(70)38(66)35(63)29(15-58)78-50)7-12-57(75)22(2)34-28(86-57)14-27-25-6-5-23-13-24(8-10-55(23,3)26(25)9-11-56(27,34)4)77-51-45(73)41(69)47(32(18-61)81-51)84-54-49(85-53-44(72)40(68)37(65)31(17-60)80-53)46(74)48(33(19-62)82-54)83-52-43(71)39(67)36(64)30(16-59)79-52/h5,21-22,24-54,58-75H,6-20H2,1-4H3/t21-,22-,24-,25+,26-,27-,28-,29+,30+,31+,32+,33+,34-,35+,36+,37+,38-,39-,40-,41+,42+,43+,44+,45+,46-,47-,48+,49+,50+,51+,52-,53-,54-,55-,56-,57+/m0/s1. The molecule has 3 saturated carbocycles. The Kier molecular flexibility index (Phi) is 21.1. The van der Waals surface area contributed by atoms with E-state index in [2.05, 4.69) is 26.8 Å². The minimum Gasteiger partial charge on any atom is -0.394 e. The van der Waals surface area contributed by atoms with E-state index >= 15 is 0 Å². The quantitative estimate of drug-likeness (QED) is 0.0535. The summed E-state index contributed by atoms with van der Waals surface area (Å²) in [6, 6.07) is 0. The molecule has 496 valence electrons. The highest BCUT2D eigenvalue weighted by Crippen LogP contribution is 2.70. The van der Waals surface area contributed by atoms with E-state index in [1.54, 1.807) is 0 Å². The number of aliphatic hydroxyl groups excluding tert-OH is 17. The summed E-state index contributed by atoms with van der Waals surface area (Å²) in [7, 11) is 0. The molecule has 0 aromatic rings. The van der Waals surface area contributed by atoms with Gasteiger partial charge in [-0.2, -0.15) is 0 Å². The van der Waals surface area contributed by atoms with Crippen molar-refractivity contribution in [1.82, 2.24) is 0 Å². The summed E-state index contributed by atoms with van der Waals surface area (Å²) >= 11 is 0. The zero-order valence-corrected chi connectivity index (χ0v) is 48.8. The van der Waals surface area contributed by atoms with Crippen LogP contribution in [-0.4, -0.2) is 303 Å². The van der Waals surface area contributed by atoms with Crippen molar-refractivity contribution >= 4 is 0 Å². The van der Waals surface area contributed by atoms with Crippen LogP contribution >= 0.6 is 0 Å². The molecule has 0 aromatic carbocycles. The lowest BCUT2D eigenvalue weighted by Crippen LogP contribution is -2.68. The van der Waals surface area contributed by atoms with Gasteiger partial charge in [0.15, 0.2) is 37.2 Å². The maximum Gasteiger partial charge on any atom is 0.187 e. The number of ether oxygens (including phenoxy) is 11. The summed E-state index contributed by atoms with van der Waals surface area (Å²) in [5, 5.41) is 193. The molecule has 18 N–H and O–H groups in total. The SMILES string of the molecule is C[C@@H](CC[C@@]1(O)O[C@H]2C[C@H]3[C@@H]4CC=C5C[C@@H](O[C@@H]6O[C@H](CO)[C@H](O[C@@H]7O[C@H](CO)[C@@H](O[C@@H]8O[C@H](CO)[C@@H](O)[C@H](O)[C@H]8O)[C@H](O)[C@H]7O[C@@H]7O[C@H](CO)[C@@H](O)[C@H](O)[C@H]7O)[C@H](O)[C@H]6O)CC[C@]5(C)[C@H]4CC[C@]3(C)[C@H]2[C@@H]1C)CO[C@@H]1O[C@H](CO)[C@@H](O)[C@H](O)[C@H]1O. The van der Waals surface area contributed by atoms with Gasteiger partial charge in [-0.1, -0.05) is 39.3 Å². The third-order valence-electron chi connectivity index (χ3n) is 21.7. The van der Waals surface area contributed by atoms with Gasteiger partial charge < -0.3 is 144 Å². The lowest BCUT2D eigenvalue weighted by atomic mass is 9.47. The van der Waals surface area contributed by atoms with Crippen molar-refractivity contribution in [3.05, 3.63) is 11.6 Å². The van der Waals surface area contributed by atoms with Crippen molar-refractivity contribution in [1.29, 1.82) is 0 Å². The van der Waals surface area contributed by atoms with Gasteiger partial charge in [-0.25, -0.2) is 0 Å². The first kappa shape index (κ1) is 67.5. The molecule has 0 aromatic heterocycles. The van der Waals surface area contributed by atoms with Crippen LogP contribution in [0.4, 0.5) is 0 Å². The first-order valence-electron chi connectivity index (χ1n) is 30.6. The molecule has 6 aliphatic heterocycles. The fourth-order valence-corrected chi connectivity index (χ4v) is 16.5. The Bertz CT molecular complexity index is 2250. The Morgan fingerprint density at radius 3 is 1.58 bits per heavy atom. The number of hydrogen-bond acceptors (Lipinski definition) is 29. The summed E-state index contributed by atoms with van der Waals surface area (Å²) in [6.45, 7) is 4.76. The van der Waals surface area contributed by atoms with Crippen molar-refractivity contribution in [2.24, 2.45) is 46.3 Å². The van der Waals surface area contributed by atoms with Crippen LogP contribution in [0.1, 0.15) is 85.5 Å². The van der Waals surface area contributed by atoms with Crippen molar-refractivity contribution < 1.29 is 144 Å². The van der Waals surface area contributed by atoms with E-state index in [1.165, 1.54) is 5.57 Å². The number of hydrogen-bond donors (Lipinski definition) is 18. The highest BCUT2D eigenvalue weighted by atomic mass is 16.8. The molecule has 86 heavy (non-hydrogen) atoms. The molecule has 0 spiro atoms. The second-order valence-corrected chi connectivity index (χ2v) is 26.6. The van der Waals surface area contributed by atoms with E-state index in [1.807, 2.05) is 6.92 Å². The predicted molar refractivity (Wildman–Crippen MR) is 284 cm³/mol. The van der Waals surface area contributed by atoms with Gasteiger partial charge in [-0.15, -0.1) is 0 Å². The fourth-order valence-electron chi connectivity index (χ4n) is 16.5. The summed E-state index contributed by atoms with van der Waals surface area (Å²) < 4.78 is 65.6. The summed E-state index contributed by atoms with van der Waals surface area (Å²) in [4.78, 5) is 0. The third kappa shape index (κ3) is 12.3. The van der Waals surface area contributed by atoms with Gasteiger partial charge in [-0.3, -0.25) is 0 Å². The monoisotopic (exact) mass is 1240 g/mol. The van der Waals surface area contributed by atoms with Crippen molar-refractivity contribution in [2.75, 3.05) is 39.6 Å². The van der Waals surface area contributed by atoms with Gasteiger partial charge in [0, 0.05) is 12.3 Å². The molecule has 0 amide bonds. The third-order valence-corrected chi connectivity index (χ3v) is 21.7. The van der Waals surface area contributed by atoms with Gasteiger partial charge in [0.1, 0.15) is 122 Å². The maximum atomic E-state index is 12.1. The molecule has 0 radical (unpaired) electrons. The number of allylic oxidation sites excluding steroid dienone is 1. The summed E-state index contributed by atoms with van der Waals surface area (Å²) in [6.07, 6.45) is -35.1. The van der Waals surface area contributed by atoms with Crippen molar-refractivity contribution in [2.45, 2.75) is 257 Å². The molecule has 0 unspecified atom stereocenters. The van der Waals surface area contributed by atoms with Crippen molar-refractivity contribution in [3.63, 3.8) is 0 Å². The lowest BCUT2D eigenvalue weighted by Gasteiger charge is -2.58. The molecule has 29 nitrogen and oxygen atoms in total. The van der Waals surface area contributed by atoms with Crippen LogP contribution in [0.2, 0.25) is 0 Å². The molecule has 4 aliphatic carbocycles. The second kappa shape index (κ2) is 26.9. The van der Waals surface area contributed by atoms with E-state index in [9.17, 15) is 91.9 Å². The van der Waals surface area contributed by atoms with E-state index in [0.717, 1.165) is 32.1 Å². The zero-order valence-electron chi connectivity index (χ0n) is 48.8. The molecular formula is C57H94O29. The van der Waals surface area contributed by atoms with Crippen LogP contribution in [0.5, 0.6) is 0 Å². The first-order chi connectivity index (χ1) is 40.8. The zero-order chi connectivity index (χ0) is 62.2. The Labute approximate surface area is 497 Å². The number of fused-ring (bicyclic) bond motifs is 7. The molecule has 29 heteroatoms. The normalized spacial score (nSPS) is 54.3. The predicted octanol–water partition coefficient (Wildman–Crippen LogP) is -6.21. The maximum absolute atomic E-state index is 12.1. The van der Waals surface area contributed by atoms with Gasteiger partial charge in [0.05, 0.1) is 51.8 Å². The highest BCUT2D eigenvalue weighted by Gasteiger charge is 2.68. The van der Waals surface area contributed by atoms with Crippen LogP contribution < -0.4 is 0 Å². The number of aliphatic hydroxyl groups is 18. The van der Waals surface area contributed by atoms with Crippen LogP contribution in [0.15, 0.2) is 11.6 Å². The Hall–Kier alpha value is -1.42. The molecule has 9 fully saturated rings. The van der Waals surface area contributed by atoms with Crippen molar-refractivity contribution in [3.8, 4) is 0 Å². The topological polar surface area (TPSA) is 466 Å². The molecular weight excluding hydrogens is 1150 g/mol. The smallest absolute Gasteiger partial charge is 0.187 e. The van der Waals surface area contributed by atoms with Gasteiger partial charge in [0.25, 0.3) is 0 Å². The van der Waals surface area contributed by atoms with E-state index < -0.39 is 198 Å². The van der Waals surface area contributed by atoms with Crippen LogP contribution in [0.3, 0.4) is 0 Å². The summed E-state index contributed by atoms with van der Waals surface area (Å²) in [5.41, 5.74) is 0.952.